The predicted molar refractivity (Wildman–Crippen MR) is 167 cm³/mol. The van der Waals surface area contributed by atoms with Crippen LogP contribution in [0.5, 0.6) is 5.75 Å². The van der Waals surface area contributed by atoms with Gasteiger partial charge in [0.25, 0.3) is 0 Å². The molecule has 0 radical (unpaired) electrons. The first-order chi connectivity index (χ1) is 20.1. The Morgan fingerprint density at radius 2 is 1.47 bits per heavy atom. The van der Waals surface area contributed by atoms with Crippen molar-refractivity contribution in [1.82, 2.24) is 4.90 Å². The van der Waals surface area contributed by atoms with Crippen LogP contribution in [-0.2, 0) is 42.5 Å². The van der Waals surface area contributed by atoms with Gasteiger partial charge in [0.15, 0.2) is 0 Å². The van der Waals surface area contributed by atoms with Crippen LogP contribution in [0, 0.1) is 0 Å². The van der Waals surface area contributed by atoms with Gasteiger partial charge in [-0.3, -0.25) is 9.59 Å². The molecule has 0 aliphatic heterocycles. The van der Waals surface area contributed by atoms with E-state index in [0.717, 1.165) is 16.7 Å². The lowest BCUT2D eigenvalue weighted by atomic mass is 9.86. The second-order valence-electron chi connectivity index (χ2n) is 12.1. The van der Waals surface area contributed by atoms with Crippen molar-refractivity contribution in [2.75, 3.05) is 25.0 Å². The molecule has 3 aromatic rings. The Balaban J connectivity index is 0.00000206. The van der Waals surface area contributed by atoms with E-state index in [0.29, 0.717) is 23.1 Å². The van der Waals surface area contributed by atoms with Gasteiger partial charge in [-0.05, 0) is 55.0 Å². The van der Waals surface area contributed by atoms with Gasteiger partial charge in [0.2, 0.25) is 5.91 Å². The molecular formula is C34H41ClN2O6. The fourth-order valence-corrected chi connectivity index (χ4v) is 4.45. The second-order valence-corrected chi connectivity index (χ2v) is 12.5. The lowest BCUT2D eigenvalue weighted by Crippen LogP contribution is -2.43. The van der Waals surface area contributed by atoms with Crippen LogP contribution in [0.4, 0.5) is 5.69 Å². The van der Waals surface area contributed by atoms with E-state index in [2.05, 4.69) is 32.9 Å². The molecule has 1 amide bonds. The van der Waals surface area contributed by atoms with Crippen LogP contribution in [0.15, 0.2) is 72.8 Å². The summed E-state index contributed by atoms with van der Waals surface area (Å²) in [6.07, 6.45) is 0.250. The molecule has 0 aliphatic rings. The fraction of sp³-hybridized carbons (Fsp3) is 0.382. The standard InChI is InChI=1S/C33H41ClN2O4.CO2/c1-32(2,3)26-15-11-14-25(18-26)20-36(22-31(38)40-33(4,5)6)30(37)21-35(7)29-17-16-27(19-28(29)34)39-23-24-12-9-8-10-13-24;2-1-3/h8-19H,20-23H2,1-7H3;. The maximum Gasteiger partial charge on any atom is 0.373 e. The van der Waals surface area contributed by atoms with Gasteiger partial charge in [0.05, 0.1) is 17.3 Å². The molecule has 0 heterocycles. The Hall–Kier alpha value is -4.13. The van der Waals surface area contributed by atoms with Crippen LogP contribution in [0.1, 0.15) is 58.2 Å². The average Bonchev–Trinajstić information content (AvgIpc) is 2.91. The Labute approximate surface area is 259 Å². The molecule has 0 fully saturated rings. The van der Waals surface area contributed by atoms with Crippen molar-refractivity contribution in [3.63, 3.8) is 0 Å². The number of esters is 1. The van der Waals surface area contributed by atoms with E-state index in [1.807, 2.05) is 75.4 Å². The number of hydrogen-bond acceptors (Lipinski definition) is 7. The number of rotatable bonds is 10. The lowest BCUT2D eigenvalue weighted by Gasteiger charge is -2.28. The molecule has 8 nitrogen and oxygen atoms in total. The van der Waals surface area contributed by atoms with Crippen molar-refractivity contribution in [1.29, 1.82) is 0 Å². The number of halogens is 1. The molecule has 0 unspecified atom stereocenters. The molecule has 0 bridgehead atoms. The number of carbonyl (C=O) groups excluding carboxylic acids is 4. The number of nitrogens with zero attached hydrogens (tertiary/aromatic N) is 2. The van der Waals surface area contributed by atoms with E-state index in [9.17, 15) is 9.59 Å². The summed E-state index contributed by atoms with van der Waals surface area (Å²) in [6.45, 7) is 12.5. The molecule has 0 N–H and O–H groups in total. The molecule has 230 valence electrons. The molecule has 0 saturated heterocycles. The number of benzene rings is 3. The van der Waals surface area contributed by atoms with E-state index < -0.39 is 11.6 Å². The van der Waals surface area contributed by atoms with Crippen molar-refractivity contribution in [3.8, 4) is 5.75 Å². The van der Waals surface area contributed by atoms with Crippen molar-refractivity contribution in [2.45, 2.75) is 65.7 Å². The van der Waals surface area contributed by atoms with E-state index in [1.165, 1.54) is 4.90 Å². The smallest absolute Gasteiger partial charge is 0.373 e. The van der Waals surface area contributed by atoms with Crippen LogP contribution in [-0.4, -0.2) is 48.7 Å². The number of carbonyl (C=O) groups is 2. The van der Waals surface area contributed by atoms with Gasteiger partial charge in [0, 0.05) is 19.7 Å². The molecule has 43 heavy (non-hydrogen) atoms. The number of likely N-dealkylation sites (N-methyl/N-ethyl adjacent to an activating group) is 1. The van der Waals surface area contributed by atoms with Crippen LogP contribution in [0.25, 0.3) is 0 Å². The topological polar surface area (TPSA) is 93.2 Å². The summed E-state index contributed by atoms with van der Waals surface area (Å²) in [7, 11) is 1.80. The summed E-state index contributed by atoms with van der Waals surface area (Å²) in [5.41, 5.74) is 3.17. The molecule has 0 saturated carbocycles. The van der Waals surface area contributed by atoms with Gasteiger partial charge in [-0.25, -0.2) is 0 Å². The van der Waals surface area contributed by atoms with Gasteiger partial charge in [0.1, 0.15) is 24.5 Å². The van der Waals surface area contributed by atoms with E-state index in [-0.39, 0.29) is 37.1 Å². The quantitative estimate of drug-likeness (QED) is 0.245. The Kier molecular flexibility index (Phi) is 13.0. The van der Waals surface area contributed by atoms with Crippen molar-refractivity contribution < 1.29 is 28.7 Å². The molecule has 3 aromatic carbocycles. The van der Waals surface area contributed by atoms with Crippen molar-refractivity contribution in [3.05, 3.63) is 94.5 Å². The summed E-state index contributed by atoms with van der Waals surface area (Å²) < 4.78 is 11.4. The van der Waals surface area contributed by atoms with Crippen LogP contribution >= 0.6 is 11.6 Å². The Morgan fingerprint density at radius 3 is 2.05 bits per heavy atom. The highest BCUT2D eigenvalue weighted by Crippen LogP contribution is 2.30. The maximum absolute atomic E-state index is 13.6. The van der Waals surface area contributed by atoms with Gasteiger partial charge < -0.3 is 19.3 Å². The minimum atomic E-state index is -0.646. The van der Waals surface area contributed by atoms with Crippen molar-refractivity contribution >= 4 is 35.3 Å². The molecule has 0 spiro atoms. The Bertz CT molecular complexity index is 1390. The van der Waals surface area contributed by atoms with E-state index in [4.69, 9.17) is 30.7 Å². The number of hydrogen-bond donors (Lipinski definition) is 0. The predicted octanol–water partition coefficient (Wildman–Crippen LogP) is 6.44. The monoisotopic (exact) mass is 608 g/mol. The molecule has 0 aromatic heterocycles. The molecule has 0 atom stereocenters. The third-order valence-corrected chi connectivity index (χ3v) is 6.51. The Morgan fingerprint density at radius 1 is 0.837 bits per heavy atom. The average molecular weight is 609 g/mol. The third kappa shape index (κ3) is 12.3. The second kappa shape index (κ2) is 15.9. The summed E-state index contributed by atoms with van der Waals surface area (Å²) >= 11 is 6.60. The first-order valence-corrected chi connectivity index (χ1v) is 14.3. The van der Waals surface area contributed by atoms with E-state index in [1.54, 1.807) is 18.0 Å². The van der Waals surface area contributed by atoms with Crippen LogP contribution < -0.4 is 9.64 Å². The highest BCUT2D eigenvalue weighted by molar-refractivity contribution is 6.33. The summed E-state index contributed by atoms with van der Waals surface area (Å²) in [5.74, 6) is -0.0222. The third-order valence-electron chi connectivity index (χ3n) is 6.21. The first-order valence-electron chi connectivity index (χ1n) is 13.9. The number of ether oxygens (including phenoxy) is 2. The minimum Gasteiger partial charge on any atom is -0.489 e. The highest BCUT2D eigenvalue weighted by Gasteiger charge is 2.24. The van der Waals surface area contributed by atoms with Gasteiger partial charge >= 0.3 is 12.1 Å². The van der Waals surface area contributed by atoms with Gasteiger partial charge in [-0.2, -0.15) is 9.59 Å². The summed E-state index contributed by atoms with van der Waals surface area (Å²) in [5, 5.41) is 0.470. The minimum absolute atomic E-state index is 0.0334. The zero-order chi connectivity index (χ0) is 32.2. The van der Waals surface area contributed by atoms with Crippen LogP contribution in [0.3, 0.4) is 0 Å². The molecule has 9 heteroatoms. The molecule has 3 rings (SSSR count). The highest BCUT2D eigenvalue weighted by atomic mass is 35.5. The fourth-order valence-electron chi connectivity index (χ4n) is 4.13. The summed E-state index contributed by atoms with van der Waals surface area (Å²) in [4.78, 5) is 45.9. The first kappa shape index (κ1) is 35.1. The molecule has 0 aliphatic carbocycles. The maximum atomic E-state index is 13.6. The number of amides is 1. The largest absolute Gasteiger partial charge is 0.489 e. The molecular weight excluding hydrogens is 568 g/mol. The van der Waals surface area contributed by atoms with Crippen LogP contribution in [0.2, 0.25) is 5.02 Å². The SMILES string of the molecule is CN(CC(=O)N(CC(=O)OC(C)(C)C)Cc1cccc(C(C)(C)C)c1)c1ccc(OCc2ccccc2)cc1Cl.O=C=O. The normalized spacial score (nSPS) is 11.0. The zero-order valence-electron chi connectivity index (χ0n) is 26.0. The lowest BCUT2D eigenvalue weighted by molar-refractivity contribution is -0.191. The number of anilines is 1. The van der Waals surface area contributed by atoms with Crippen molar-refractivity contribution in [2.24, 2.45) is 0 Å². The summed E-state index contributed by atoms with van der Waals surface area (Å²) in [6, 6.07) is 23.4. The zero-order valence-corrected chi connectivity index (χ0v) is 26.7. The van der Waals surface area contributed by atoms with E-state index >= 15 is 0 Å². The van der Waals surface area contributed by atoms with Gasteiger partial charge in [-0.1, -0.05) is 87.0 Å². The van der Waals surface area contributed by atoms with Gasteiger partial charge in [-0.15, -0.1) is 0 Å².